The minimum absolute atomic E-state index is 0.0286. The second kappa shape index (κ2) is 7.84. The molecule has 0 radical (unpaired) electrons. The van der Waals surface area contributed by atoms with Crippen LogP contribution >= 0.6 is 0 Å². The van der Waals surface area contributed by atoms with Crippen molar-refractivity contribution in [2.45, 2.75) is 44.3 Å². The van der Waals surface area contributed by atoms with Crippen molar-refractivity contribution in [3.8, 4) is 11.3 Å². The second-order valence-electron chi connectivity index (χ2n) is 7.12. The number of hydrogen-bond donors (Lipinski definition) is 1. The molecule has 3 heterocycles. The Morgan fingerprint density at radius 1 is 1.07 bits per heavy atom. The van der Waals surface area contributed by atoms with E-state index in [0.29, 0.717) is 6.04 Å². The molecule has 0 saturated heterocycles. The number of aryl methyl sites for hydroxylation is 1. The lowest BCUT2D eigenvalue weighted by molar-refractivity contribution is 0.268. The van der Waals surface area contributed by atoms with E-state index in [-0.39, 0.29) is 11.6 Å². The molecule has 0 spiro atoms. The van der Waals surface area contributed by atoms with Gasteiger partial charge >= 0.3 is 0 Å². The van der Waals surface area contributed by atoms with Crippen molar-refractivity contribution in [1.29, 1.82) is 0 Å². The zero-order valence-electron chi connectivity index (χ0n) is 15.5. The minimum atomic E-state index is -0.0286. The number of aromatic nitrogens is 5. The van der Waals surface area contributed by atoms with Crippen molar-refractivity contribution in [1.82, 2.24) is 29.6 Å². The summed E-state index contributed by atoms with van der Waals surface area (Å²) in [4.78, 5) is 20.6. The Kier molecular flexibility index (Phi) is 5.11. The van der Waals surface area contributed by atoms with Gasteiger partial charge in [0, 0.05) is 49.9 Å². The van der Waals surface area contributed by atoms with Gasteiger partial charge in [-0.1, -0.05) is 0 Å². The fourth-order valence-electron chi connectivity index (χ4n) is 3.69. The molecule has 0 bridgehead atoms. The molecule has 0 aliphatic heterocycles. The molecule has 0 amide bonds. The second-order valence-corrected chi connectivity index (χ2v) is 7.12. The van der Waals surface area contributed by atoms with Crippen LogP contribution in [-0.2, 0) is 13.6 Å². The number of imidazole rings is 1. The fourth-order valence-corrected chi connectivity index (χ4v) is 3.69. The summed E-state index contributed by atoms with van der Waals surface area (Å²) in [5.74, 6) is 0. The van der Waals surface area contributed by atoms with Gasteiger partial charge in [-0.3, -0.25) is 9.78 Å². The molecule has 0 atom stereocenters. The van der Waals surface area contributed by atoms with Gasteiger partial charge in [-0.15, -0.1) is 0 Å². The number of nitrogens with one attached hydrogen (secondary N) is 1. The third kappa shape index (κ3) is 3.98. The first-order valence-corrected chi connectivity index (χ1v) is 9.39. The van der Waals surface area contributed by atoms with Crippen LogP contribution in [0.2, 0.25) is 0 Å². The first kappa shape index (κ1) is 17.6. The highest BCUT2D eigenvalue weighted by molar-refractivity contribution is 5.57. The molecule has 3 aromatic rings. The molecule has 140 valence electrons. The summed E-state index contributed by atoms with van der Waals surface area (Å²) in [5.41, 5.74) is 2.94. The van der Waals surface area contributed by atoms with Crippen LogP contribution in [0.15, 0.2) is 54.0 Å². The lowest BCUT2D eigenvalue weighted by Crippen LogP contribution is -2.36. The Morgan fingerprint density at radius 3 is 2.56 bits per heavy atom. The third-order valence-electron chi connectivity index (χ3n) is 5.33. The number of pyridine rings is 1. The topological polar surface area (TPSA) is 77.6 Å². The van der Waals surface area contributed by atoms with Gasteiger partial charge in [-0.25, -0.2) is 9.67 Å². The van der Waals surface area contributed by atoms with E-state index in [2.05, 4.69) is 20.4 Å². The van der Waals surface area contributed by atoms with Crippen LogP contribution in [0.5, 0.6) is 0 Å². The quantitative estimate of drug-likeness (QED) is 0.752. The average Bonchev–Trinajstić information content (AvgIpc) is 3.13. The molecule has 3 aromatic heterocycles. The summed E-state index contributed by atoms with van der Waals surface area (Å²) >= 11 is 0. The van der Waals surface area contributed by atoms with Crippen molar-refractivity contribution in [2.24, 2.45) is 7.05 Å². The van der Waals surface area contributed by atoms with E-state index >= 15 is 0 Å². The lowest BCUT2D eigenvalue weighted by atomic mass is 9.91. The molecule has 0 aromatic carbocycles. The molecule has 1 saturated carbocycles. The van der Waals surface area contributed by atoms with E-state index < -0.39 is 0 Å². The van der Waals surface area contributed by atoms with Gasteiger partial charge in [0.25, 0.3) is 5.56 Å². The molecule has 1 aliphatic carbocycles. The summed E-state index contributed by atoms with van der Waals surface area (Å²) < 4.78 is 3.71. The normalized spacial score (nSPS) is 19.9. The van der Waals surface area contributed by atoms with Crippen molar-refractivity contribution in [2.75, 3.05) is 0 Å². The monoisotopic (exact) mass is 364 g/mol. The summed E-state index contributed by atoms with van der Waals surface area (Å²) in [6.45, 7) is 0.821. The first-order valence-electron chi connectivity index (χ1n) is 9.39. The zero-order chi connectivity index (χ0) is 18.6. The van der Waals surface area contributed by atoms with Gasteiger partial charge in [0.1, 0.15) is 0 Å². The van der Waals surface area contributed by atoms with Crippen LogP contribution < -0.4 is 10.9 Å². The summed E-state index contributed by atoms with van der Waals surface area (Å²) in [6, 6.07) is 7.86. The van der Waals surface area contributed by atoms with Crippen molar-refractivity contribution in [3.63, 3.8) is 0 Å². The largest absolute Gasteiger partial charge is 0.337 e. The summed E-state index contributed by atoms with van der Waals surface area (Å²) in [6.07, 6.45) is 11.2. The molecule has 1 N–H and O–H groups in total. The highest BCUT2D eigenvalue weighted by Crippen LogP contribution is 2.27. The van der Waals surface area contributed by atoms with Crippen molar-refractivity contribution >= 4 is 0 Å². The number of rotatable bonds is 5. The molecule has 0 unspecified atom stereocenters. The number of hydrogen-bond acceptors (Lipinski definition) is 5. The Bertz CT molecular complexity index is 940. The highest BCUT2D eigenvalue weighted by Gasteiger charge is 2.24. The van der Waals surface area contributed by atoms with Gasteiger partial charge in [0.2, 0.25) is 0 Å². The summed E-state index contributed by atoms with van der Waals surface area (Å²) in [7, 11) is 2.01. The Morgan fingerprint density at radius 2 is 1.85 bits per heavy atom. The van der Waals surface area contributed by atoms with E-state index in [4.69, 9.17) is 0 Å². The van der Waals surface area contributed by atoms with E-state index in [0.717, 1.165) is 43.5 Å². The number of nitrogens with zero attached hydrogens (tertiary/aromatic N) is 5. The van der Waals surface area contributed by atoms with E-state index in [1.54, 1.807) is 29.2 Å². The fraction of sp³-hybridized carbons (Fsp3) is 0.400. The van der Waals surface area contributed by atoms with Gasteiger partial charge in [0.05, 0.1) is 23.8 Å². The SMILES string of the molecule is Cn1cncc1CNC1CCC(n2nc(-c3ccncc3)ccc2=O)CC1. The zero-order valence-corrected chi connectivity index (χ0v) is 15.5. The van der Waals surface area contributed by atoms with Crippen molar-refractivity contribution in [3.05, 3.63) is 65.2 Å². The maximum atomic E-state index is 12.4. The Hall–Kier alpha value is -2.80. The average molecular weight is 364 g/mol. The maximum absolute atomic E-state index is 12.4. The molecular formula is C20H24N6O. The standard InChI is InChI=1S/C20H24N6O/c1-25-14-22-12-18(25)13-23-16-2-4-17(5-3-16)26-20(27)7-6-19(24-26)15-8-10-21-11-9-15/h6-12,14,16-17,23H,2-5,13H2,1H3. The van der Waals surface area contributed by atoms with Gasteiger partial charge < -0.3 is 9.88 Å². The van der Waals surface area contributed by atoms with Crippen LogP contribution in [0.25, 0.3) is 11.3 Å². The predicted octanol–water partition coefficient (Wildman–Crippen LogP) is 2.31. The lowest BCUT2D eigenvalue weighted by Gasteiger charge is -2.29. The van der Waals surface area contributed by atoms with Crippen LogP contribution in [0, 0.1) is 0 Å². The first-order chi connectivity index (χ1) is 13.2. The molecular weight excluding hydrogens is 340 g/mol. The minimum Gasteiger partial charge on any atom is -0.337 e. The van der Waals surface area contributed by atoms with Crippen LogP contribution in [0.4, 0.5) is 0 Å². The summed E-state index contributed by atoms with van der Waals surface area (Å²) in [5, 5.41) is 8.25. The highest BCUT2D eigenvalue weighted by atomic mass is 16.1. The molecule has 7 heteroatoms. The predicted molar refractivity (Wildman–Crippen MR) is 103 cm³/mol. The van der Waals surface area contributed by atoms with Crippen LogP contribution in [-0.4, -0.2) is 30.4 Å². The Balaban J connectivity index is 1.41. The maximum Gasteiger partial charge on any atom is 0.267 e. The van der Waals surface area contributed by atoms with Gasteiger partial charge in [-0.05, 0) is 43.9 Å². The van der Waals surface area contributed by atoms with E-state index in [1.165, 1.54) is 5.69 Å². The molecule has 1 aliphatic rings. The third-order valence-corrected chi connectivity index (χ3v) is 5.33. The molecule has 1 fully saturated rings. The van der Waals surface area contributed by atoms with E-state index in [1.807, 2.05) is 36.3 Å². The molecule has 4 rings (SSSR count). The van der Waals surface area contributed by atoms with Gasteiger partial charge in [0.15, 0.2) is 0 Å². The van der Waals surface area contributed by atoms with E-state index in [9.17, 15) is 4.79 Å². The Labute approximate surface area is 158 Å². The van der Waals surface area contributed by atoms with Crippen molar-refractivity contribution < 1.29 is 0 Å². The smallest absolute Gasteiger partial charge is 0.267 e. The molecule has 7 nitrogen and oxygen atoms in total. The molecule has 27 heavy (non-hydrogen) atoms. The van der Waals surface area contributed by atoms with Gasteiger partial charge in [-0.2, -0.15) is 5.10 Å². The van der Waals surface area contributed by atoms with Crippen LogP contribution in [0.1, 0.15) is 37.4 Å². The van der Waals surface area contributed by atoms with Crippen LogP contribution in [0.3, 0.4) is 0 Å².